The molecule has 0 unspecified atom stereocenters. The fourth-order valence-corrected chi connectivity index (χ4v) is 2.95. The standard InChI is InChI=1S/C21H17FN4O2/c22-16-7-5-14(6-8-16)18-9-10-20(27)26(25-18)12-11-23-21(28)19-13-15-3-1-2-4-17(15)24-19/h1-10,13,24H,11-12H2,(H,23,28). The molecular formula is C21H17FN4O2. The van der Waals surface area contributed by atoms with Crippen LogP contribution in [0.2, 0.25) is 0 Å². The summed E-state index contributed by atoms with van der Waals surface area (Å²) in [6.45, 7) is 0.466. The van der Waals surface area contributed by atoms with Crippen molar-refractivity contribution in [1.29, 1.82) is 0 Å². The van der Waals surface area contributed by atoms with Crippen molar-refractivity contribution in [1.82, 2.24) is 20.1 Å². The average Bonchev–Trinajstić information content (AvgIpc) is 3.14. The highest BCUT2D eigenvalue weighted by Crippen LogP contribution is 2.16. The summed E-state index contributed by atoms with van der Waals surface area (Å²) >= 11 is 0. The van der Waals surface area contributed by atoms with E-state index in [-0.39, 0.29) is 30.4 Å². The molecule has 0 aliphatic heterocycles. The molecule has 7 heteroatoms. The summed E-state index contributed by atoms with van der Waals surface area (Å²) in [6, 6.07) is 18.3. The normalized spacial score (nSPS) is 10.9. The van der Waals surface area contributed by atoms with Crippen LogP contribution in [0, 0.1) is 5.82 Å². The van der Waals surface area contributed by atoms with Crippen molar-refractivity contribution in [3.05, 3.63) is 88.6 Å². The lowest BCUT2D eigenvalue weighted by Crippen LogP contribution is -2.32. The molecule has 2 aromatic carbocycles. The van der Waals surface area contributed by atoms with Gasteiger partial charge in [0.1, 0.15) is 11.5 Å². The van der Waals surface area contributed by atoms with Gasteiger partial charge in [0.2, 0.25) is 0 Å². The van der Waals surface area contributed by atoms with Gasteiger partial charge in [0.15, 0.2) is 0 Å². The highest BCUT2D eigenvalue weighted by molar-refractivity contribution is 5.97. The second-order valence-corrected chi connectivity index (χ2v) is 6.31. The van der Waals surface area contributed by atoms with Gasteiger partial charge in [-0.1, -0.05) is 18.2 Å². The van der Waals surface area contributed by atoms with Crippen molar-refractivity contribution in [2.75, 3.05) is 6.54 Å². The smallest absolute Gasteiger partial charge is 0.267 e. The fraction of sp³-hybridized carbons (Fsp3) is 0.0952. The minimum atomic E-state index is -0.336. The lowest BCUT2D eigenvalue weighted by molar-refractivity contribution is 0.0947. The van der Waals surface area contributed by atoms with E-state index in [1.807, 2.05) is 24.3 Å². The topological polar surface area (TPSA) is 79.8 Å². The second-order valence-electron chi connectivity index (χ2n) is 6.31. The van der Waals surface area contributed by atoms with Crippen molar-refractivity contribution in [3.8, 4) is 11.3 Å². The molecule has 2 N–H and O–H groups in total. The average molecular weight is 376 g/mol. The maximum absolute atomic E-state index is 13.1. The lowest BCUT2D eigenvalue weighted by Gasteiger charge is -2.08. The molecule has 0 atom stereocenters. The highest BCUT2D eigenvalue weighted by Gasteiger charge is 2.09. The van der Waals surface area contributed by atoms with Gasteiger partial charge >= 0.3 is 0 Å². The van der Waals surface area contributed by atoms with E-state index in [1.54, 1.807) is 24.3 Å². The van der Waals surface area contributed by atoms with Crippen molar-refractivity contribution >= 4 is 16.8 Å². The molecular weight excluding hydrogens is 359 g/mol. The number of aromatic nitrogens is 3. The number of amides is 1. The predicted octanol–water partition coefficient (Wildman–Crippen LogP) is 2.96. The Morgan fingerprint density at radius 2 is 1.86 bits per heavy atom. The fourth-order valence-electron chi connectivity index (χ4n) is 2.95. The molecule has 28 heavy (non-hydrogen) atoms. The number of aromatic amines is 1. The van der Waals surface area contributed by atoms with Gasteiger partial charge in [-0.05, 0) is 42.5 Å². The van der Waals surface area contributed by atoms with Gasteiger partial charge < -0.3 is 10.3 Å². The molecule has 1 amide bonds. The van der Waals surface area contributed by atoms with E-state index < -0.39 is 0 Å². The van der Waals surface area contributed by atoms with E-state index in [0.717, 1.165) is 10.9 Å². The first kappa shape index (κ1) is 17.7. The van der Waals surface area contributed by atoms with Gasteiger partial charge in [-0.15, -0.1) is 0 Å². The van der Waals surface area contributed by atoms with Gasteiger partial charge in [-0.3, -0.25) is 9.59 Å². The third-order valence-corrected chi connectivity index (χ3v) is 4.39. The van der Waals surface area contributed by atoms with Crippen LogP contribution in [0.15, 0.2) is 71.5 Å². The highest BCUT2D eigenvalue weighted by atomic mass is 19.1. The maximum atomic E-state index is 13.1. The number of H-pyrrole nitrogens is 1. The predicted molar refractivity (Wildman–Crippen MR) is 105 cm³/mol. The van der Waals surface area contributed by atoms with E-state index in [1.165, 1.54) is 22.9 Å². The summed E-state index contributed by atoms with van der Waals surface area (Å²) in [7, 11) is 0. The molecule has 0 spiro atoms. The van der Waals surface area contributed by atoms with Crippen LogP contribution < -0.4 is 10.9 Å². The Bertz CT molecular complexity index is 1160. The Morgan fingerprint density at radius 3 is 2.64 bits per heavy atom. The molecule has 140 valence electrons. The minimum Gasteiger partial charge on any atom is -0.351 e. The minimum absolute atomic E-state index is 0.222. The summed E-state index contributed by atoms with van der Waals surface area (Å²) in [5, 5.41) is 8.04. The summed E-state index contributed by atoms with van der Waals surface area (Å²) in [4.78, 5) is 27.4. The van der Waals surface area contributed by atoms with Crippen LogP contribution in [0.3, 0.4) is 0 Å². The summed E-state index contributed by atoms with van der Waals surface area (Å²) in [6.07, 6.45) is 0. The molecule has 4 rings (SSSR count). The maximum Gasteiger partial charge on any atom is 0.267 e. The van der Waals surface area contributed by atoms with E-state index >= 15 is 0 Å². The summed E-state index contributed by atoms with van der Waals surface area (Å²) < 4.78 is 14.4. The molecule has 2 heterocycles. The van der Waals surface area contributed by atoms with Gasteiger partial charge in [-0.25, -0.2) is 9.07 Å². The quantitative estimate of drug-likeness (QED) is 0.562. The lowest BCUT2D eigenvalue weighted by atomic mass is 10.1. The van der Waals surface area contributed by atoms with Crippen LogP contribution >= 0.6 is 0 Å². The molecule has 0 saturated carbocycles. The van der Waals surface area contributed by atoms with E-state index in [0.29, 0.717) is 17.0 Å². The Kier molecular flexibility index (Phi) is 4.72. The molecule has 0 aliphatic rings. The van der Waals surface area contributed by atoms with Crippen LogP contribution in [0.5, 0.6) is 0 Å². The third kappa shape index (κ3) is 3.68. The number of hydrogen-bond donors (Lipinski definition) is 2. The molecule has 4 aromatic rings. The zero-order valence-corrected chi connectivity index (χ0v) is 14.9. The number of benzene rings is 2. The number of halogens is 1. The van der Waals surface area contributed by atoms with Gasteiger partial charge in [0, 0.05) is 29.1 Å². The van der Waals surface area contributed by atoms with Gasteiger partial charge in [-0.2, -0.15) is 5.10 Å². The van der Waals surface area contributed by atoms with Crippen LogP contribution in [-0.4, -0.2) is 27.2 Å². The third-order valence-electron chi connectivity index (χ3n) is 4.39. The van der Waals surface area contributed by atoms with Crippen LogP contribution in [-0.2, 0) is 6.54 Å². The number of rotatable bonds is 5. The molecule has 0 saturated heterocycles. The monoisotopic (exact) mass is 376 g/mol. The van der Waals surface area contributed by atoms with E-state index in [9.17, 15) is 14.0 Å². The van der Waals surface area contributed by atoms with Gasteiger partial charge in [0.05, 0.1) is 12.2 Å². The van der Waals surface area contributed by atoms with Crippen molar-refractivity contribution < 1.29 is 9.18 Å². The van der Waals surface area contributed by atoms with Crippen LogP contribution in [0.4, 0.5) is 4.39 Å². The number of para-hydroxylation sites is 1. The first-order valence-electron chi connectivity index (χ1n) is 8.80. The Balaban J connectivity index is 1.44. The first-order chi connectivity index (χ1) is 13.6. The van der Waals surface area contributed by atoms with Crippen LogP contribution in [0.1, 0.15) is 10.5 Å². The van der Waals surface area contributed by atoms with Crippen molar-refractivity contribution in [2.24, 2.45) is 0 Å². The second kappa shape index (κ2) is 7.48. The van der Waals surface area contributed by atoms with Crippen molar-refractivity contribution in [3.63, 3.8) is 0 Å². The number of nitrogens with zero attached hydrogens (tertiary/aromatic N) is 2. The molecule has 0 bridgehead atoms. The Morgan fingerprint density at radius 1 is 1.07 bits per heavy atom. The van der Waals surface area contributed by atoms with Crippen LogP contribution in [0.25, 0.3) is 22.2 Å². The molecule has 0 radical (unpaired) electrons. The van der Waals surface area contributed by atoms with Crippen molar-refractivity contribution in [2.45, 2.75) is 6.54 Å². The first-order valence-corrected chi connectivity index (χ1v) is 8.80. The number of fused-ring (bicyclic) bond motifs is 1. The SMILES string of the molecule is O=C(NCCn1nc(-c2ccc(F)cc2)ccc1=O)c1cc2ccccc2[nH]1. The summed E-state index contributed by atoms with van der Waals surface area (Å²) in [5.41, 5.74) is 2.34. The molecule has 2 aromatic heterocycles. The summed E-state index contributed by atoms with van der Waals surface area (Å²) in [5.74, 6) is -0.587. The largest absolute Gasteiger partial charge is 0.351 e. The number of carbonyl (C=O) groups is 1. The zero-order valence-electron chi connectivity index (χ0n) is 14.9. The number of nitrogens with one attached hydrogen (secondary N) is 2. The zero-order chi connectivity index (χ0) is 19.5. The number of carbonyl (C=O) groups excluding carboxylic acids is 1. The van der Waals surface area contributed by atoms with Gasteiger partial charge in [0.25, 0.3) is 11.5 Å². The Labute approximate surface area is 159 Å². The van der Waals surface area contributed by atoms with E-state index in [2.05, 4.69) is 15.4 Å². The molecule has 0 aliphatic carbocycles. The van der Waals surface area contributed by atoms with E-state index in [4.69, 9.17) is 0 Å². The Hall–Kier alpha value is -3.74. The molecule has 0 fully saturated rings. The number of hydrogen-bond acceptors (Lipinski definition) is 3. The molecule has 6 nitrogen and oxygen atoms in total.